The quantitative estimate of drug-likeness (QED) is 0.285. The Morgan fingerprint density at radius 3 is 1.93 bits per heavy atom. The van der Waals surface area contributed by atoms with Crippen LogP contribution < -0.4 is 9.62 Å². The van der Waals surface area contributed by atoms with E-state index in [-0.39, 0.29) is 39.1 Å². The highest BCUT2D eigenvalue weighted by atomic mass is 35.5. The Morgan fingerprint density at radius 2 is 1.40 bits per heavy atom. The van der Waals surface area contributed by atoms with Gasteiger partial charge in [0.2, 0.25) is 11.8 Å². The van der Waals surface area contributed by atoms with Crippen LogP contribution in [0.3, 0.4) is 0 Å². The lowest BCUT2D eigenvalue weighted by atomic mass is 10.1. The van der Waals surface area contributed by atoms with Crippen molar-refractivity contribution in [2.75, 3.05) is 10.8 Å². The molecule has 0 aliphatic heterocycles. The normalized spacial score (nSPS) is 12.9. The van der Waals surface area contributed by atoms with Crippen LogP contribution in [0.4, 0.5) is 5.69 Å². The summed E-state index contributed by atoms with van der Waals surface area (Å²) in [6.45, 7) is 8.83. The summed E-state index contributed by atoms with van der Waals surface area (Å²) < 4.78 is 28.8. The summed E-state index contributed by atoms with van der Waals surface area (Å²) in [6.07, 6.45) is 0.725. The molecule has 2 amide bonds. The highest BCUT2D eigenvalue weighted by molar-refractivity contribution is 7.92. The molecule has 0 spiro atoms. The fourth-order valence-corrected chi connectivity index (χ4v) is 5.90. The minimum atomic E-state index is -4.21. The Bertz CT molecular complexity index is 1420. The molecule has 1 N–H and O–H groups in total. The molecule has 40 heavy (non-hydrogen) atoms. The molecule has 0 aliphatic rings. The van der Waals surface area contributed by atoms with Gasteiger partial charge in [0.25, 0.3) is 10.0 Å². The standard InChI is InChI=1S/C30H35Cl2N3O4S/c1-6-22(4)33-30(37)23(5)34(18-24-11-7-20(2)8-12-24)29(36)19-35(27-16-25(31)15-26(32)17-27)40(38,39)28-13-9-21(3)10-14-28/h7-17,22-23H,6,18-19H2,1-5H3,(H,33,37)/t22-,23+/m0/s1. The van der Waals surface area contributed by atoms with Crippen LogP contribution in [0.5, 0.6) is 0 Å². The third-order valence-electron chi connectivity index (χ3n) is 6.66. The van der Waals surface area contributed by atoms with Gasteiger partial charge in [0.05, 0.1) is 10.6 Å². The van der Waals surface area contributed by atoms with E-state index in [4.69, 9.17) is 23.2 Å². The number of carbonyl (C=O) groups excluding carboxylic acids is 2. The van der Waals surface area contributed by atoms with Crippen LogP contribution in [-0.4, -0.2) is 43.8 Å². The summed E-state index contributed by atoms with van der Waals surface area (Å²) >= 11 is 12.5. The van der Waals surface area contributed by atoms with Gasteiger partial charge in [0.15, 0.2) is 0 Å². The fourth-order valence-electron chi connectivity index (χ4n) is 3.99. The number of sulfonamides is 1. The third kappa shape index (κ3) is 7.99. The van der Waals surface area contributed by atoms with Gasteiger partial charge in [-0.05, 0) is 70.0 Å². The summed E-state index contributed by atoms with van der Waals surface area (Å²) in [5.41, 5.74) is 2.88. The second kappa shape index (κ2) is 13.5. The highest BCUT2D eigenvalue weighted by Gasteiger charge is 2.33. The second-order valence-electron chi connectivity index (χ2n) is 9.95. The molecular weight excluding hydrogens is 569 g/mol. The Hall–Kier alpha value is -3.07. The lowest BCUT2D eigenvalue weighted by Gasteiger charge is -2.32. The first-order valence-electron chi connectivity index (χ1n) is 13.0. The topological polar surface area (TPSA) is 86.8 Å². The van der Waals surface area contributed by atoms with Gasteiger partial charge < -0.3 is 10.2 Å². The molecule has 2 atom stereocenters. The summed E-state index contributed by atoms with van der Waals surface area (Å²) in [5.74, 6) is -0.882. The van der Waals surface area contributed by atoms with Crippen molar-refractivity contribution in [1.82, 2.24) is 10.2 Å². The number of nitrogens with zero attached hydrogens (tertiary/aromatic N) is 2. The first-order valence-corrected chi connectivity index (χ1v) is 15.2. The van der Waals surface area contributed by atoms with E-state index in [1.54, 1.807) is 19.1 Å². The number of aryl methyl sites for hydroxylation is 2. The molecule has 0 saturated carbocycles. The molecule has 0 radical (unpaired) electrons. The Labute approximate surface area is 247 Å². The smallest absolute Gasteiger partial charge is 0.264 e. The predicted octanol–water partition coefficient (Wildman–Crippen LogP) is 6.14. The number of amides is 2. The van der Waals surface area contributed by atoms with Crippen LogP contribution in [0.2, 0.25) is 10.0 Å². The number of halogens is 2. The second-order valence-corrected chi connectivity index (χ2v) is 12.7. The Balaban J connectivity index is 2.05. The number of anilines is 1. The maximum Gasteiger partial charge on any atom is 0.264 e. The maximum absolute atomic E-state index is 14.0. The predicted molar refractivity (Wildman–Crippen MR) is 161 cm³/mol. The van der Waals surface area contributed by atoms with Crippen LogP contribution in [0.25, 0.3) is 0 Å². The molecule has 3 aromatic rings. The van der Waals surface area contributed by atoms with Crippen LogP contribution in [0, 0.1) is 13.8 Å². The molecule has 3 aromatic carbocycles. The zero-order chi connectivity index (χ0) is 29.6. The summed E-state index contributed by atoms with van der Waals surface area (Å²) in [4.78, 5) is 28.5. The van der Waals surface area contributed by atoms with Gasteiger partial charge in [-0.25, -0.2) is 8.42 Å². The third-order valence-corrected chi connectivity index (χ3v) is 8.89. The van der Waals surface area contributed by atoms with E-state index in [0.29, 0.717) is 0 Å². The van der Waals surface area contributed by atoms with E-state index in [1.807, 2.05) is 52.0 Å². The number of hydrogen-bond donors (Lipinski definition) is 1. The first-order chi connectivity index (χ1) is 18.8. The highest BCUT2D eigenvalue weighted by Crippen LogP contribution is 2.30. The molecule has 0 fully saturated rings. The average Bonchev–Trinajstić information content (AvgIpc) is 2.90. The maximum atomic E-state index is 14.0. The zero-order valence-corrected chi connectivity index (χ0v) is 25.6. The van der Waals surface area contributed by atoms with Crippen molar-refractivity contribution in [2.24, 2.45) is 0 Å². The van der Waals surface area contributed by atoms with Crippen molar-refractivity contribution in [1.29, 1.82) is 0 Å². The molecule has 214 valence electrons. The minimum absolute atomic E-state index is 0.00893. The van der Waals surface area contributed by atoms with Crippen molar-refractivity contribution in [2.45, 2.75) is 64.6 Å². The Kier molecular flexibility index (Phi) is 10.6. The van der Waals surface area contributed by atoms with E-state index >= 15 is 0 Å². The van der Waals surface area contributed by atoms with Gasteiger partial charge in [-0.3, -0.25) is 13.9 Å². The lowest BCUT2D eigenvalue weighted by Crippen LogP contribution is -2.52. The van der Waals surface area contributed by atoms with E-state index in [0.717, 1.165) is 27.4 Å². The summed E-state index contributed by atoms with van der Waals surface area (Å²) in [5, 5.41) is 3.36. The number of hydrogen-bond acceptors (Lipinski definition) is 4. The van der Waals surface area contributed by atoms with E-state index in [2.05, 4.69) is 5.32 Å². The number of carbonyl (C=O) groups is 2. The lowest BCUT2D eigenvalue weighted by molar-refractivity contribution is -0.139. The van der Waals surface area contributed by atoms with Gasteiger partial charge in [-0.2, -0.15) is 0 Å². The van der Waals surface area contributed by atoms with E-state index < -0.39 is 28.5 Å². The molecule has 0 aliphatic carbocycles. The Morgan fingerprint density at radius 1 is 0.875 bits per heavy atom. The molecule has 7 nitrogen and oxygen atoms in total. The van der Waals surface area contributed by atoms with E-state index in [9.17, 15) is 18.0 Å². The minimum Gasteiger partial charge on any atom is -0.352 e. The molecule has 0 heterocycles. The molecule has 0 saturated heterocycles. The number of benzene rings is 3. The molecule has 0 bridgehead atoms. The van der Waals surface area contributed by atoms with Crippen molar-refractivity contribution in [3.63, 3.8) is 0 Å². The van der Waals surface area contributed by atoms with Crippen LogP contribution in [-0.2, 0) is 26.2 Å². The van der Waals surface area contributed by atoms with Crippen molar-refractivity contribution < 1.29 is 18.0 Å². The van der Waals surface area contributed by atoms with Gasteiger partial charge in [0, 0.05) is 22.6 Å². The average molecular weight is 605 g/mol. The largest absolute Gasteiger partial charge is 0.352 e. The molecule has 10 heteroatoms. The fraction of sp³-hybridized carbons (Fsp3) is 0.333. The summed E-state index contributed by atoms with van der Waals surface area (Å²) in [6, 6.07) is 17.4. The monoisotopic (exact) mass is 603 g/mol. The molecular formula is C30H35Cl2N3O4S. The van der Waals surface area contributed by atoms with Crippen molar-refractivity contribution in [3.8, 4) is 0 Å². The van der Waals surface area contributed by atoms with Crippen molar-refractivity contribution >= 4 is 50.7 Å². The van der Waals surface area contributed by atoms with Gasteiger partial charge >= 0.3 is 0 Å². The van der Waals surface area contributed by atoms with Gasteiger partial charge in [-0.1, -0.05) is 77.7 Å². The first kappa shape index (κ1) is 31.5. The van der Waals surface area contributed by atoms with E-state index in [1.165, 1.54) is 35.2 Å². The van der Waals surface area contributed by atoms with Crippen molar-refractivity contribution in [3.05, 3.63) is 93.5 Å². The van der Waals surface area contributed by atoms with Crippen LogP contribution in [0.15, 0.2) is 71.6 Å². The molecule has 3 rings (SSSR count). The molecule has 0 unspecified atom stereocenters. The van der Waals surface area contributed by atoms with Gasteiger partial charge in [0.1, 0.15) is 12.6 Å². The molecule has 0 aromatic heterocycles. The van der Waals surface area contributed by atoms with Crippen LogP contribution >= 0.6 is 23.2 Å². The van der Waals surface area contributed by atoms with Gasteiger partial charge in [-0.15, -0.1) is 0 Å². The number of rotatable bonds is 11. The zero-order valence-electron chi connectivity index (χ0n) is 23.3. The SMILES string of the molecule is CC[C@H](C)NC(=O)[C@@H](C)N(Cc1ccc(C)cc1)C(=O)CN(c1cc(Cl)cc(Cl)c1)S(=O)(=O)c1ccc(C)cc1. The number of nitrogens with one attached hydrogen (secondary N) is 1. The summed E-state index contributed by atoms with van der Waals surface area (Å²) in [7, 11) is -4.21. The van der Waals surface area contributed by atoms with Crippen LogP contribution in [0.1, 0.15) is 43.9 Å².